The summed E-state index contributed by atoms with van der Waals surface area (Å²) in [7, 11) is 0. The van der Waals surface area contributed by atoms with Gasteiger partial charge in [0.25, 0.3) is 5.91 Å². The number of rotatable bonds is 5. The molecule has 7 nitrogen and oxygen atoms in total. The van der Waals surface area contributed by atoms with Crippen molar-refractivity contribution in [2.75, 3.05) is 0 Å². The summed E-state index contributed by atoms with van der Waals surface area (Å²) in [4.78, 5) is 24.7. The van der Waals surface area contributed by atoms with Crippen molar-refractivity contribution in [2.24, 2.45) is 0 Å². The maximum absolute atomic E-state index is 13.1. The smallest absolute Gasteiger partial charge is 0.345 e. The molecular formula is C21H16F6N6OS. The van der Waals surface area contributed by atoms with Crippen LogP contribution in [0.25, 0.3) is 21.5 Å². The number of aromatic nitrogens is 5. The Kier molecular flexibility index (Phi) is 6.25. The van der Waals surface area contributed by atoms with Crippen LogP contribution in [0.15, 0.2) is 36.9 Å². The van der Waals surface area contributed by atoms with Crippen molar-refractivity contribution >= 4 is 28.1 Å². The predicted molar refractivity (Wildman–Crippen MR) is 115 cm³/mol. The standard InChI is InChI=1S/C21H16F6N6OS/c1-10-5-28-18(35-10)14-3-12(4-16-15(14)8-31-33(16)9-20(22,23)24)17(34)32-11(2)13-6-29-19(30-7-13)21(25,26)27/h3-8,11H,9H2,1-2H3,(H,32,34). The van der Waals surface area contributed by atoms with Crippen LogP contribution in [0.5, 0.6) is 0 Å². The third-order valence-electron chi connectivity index (χ3n) is 4.98. The van der Waals surface area contributed by atoms with E-state index in [1.165, 1.54) is 36.6 Å². The van der Waals surface area contributed by atoms with Crippen LogP contribution < -0.4 is 5.32 Å². The second kappa shape index (κ2) is 8.91. The molecule has 184 valence electrons. The van der Waals surface area contributed by atoms with Crippen molar-refractivity contribution in [1.82, 2.24) is 30.0 Å². The molecule has 0 saturated carbocycles. The molecule has 1 atom stereocenters. The zero-order chi connectivity index (χ0) is 25.5. The van der Waals surface area contributed by atoms with Crippen LogP contribution >= 0.6 is 11.3 Å². The number of thiazole rings is 1. The molecule has 1 amide bonds. The molecule has 1 N–H and O–H groups in total. The van der Waals surface area contributed by atoms with Crippen molar-refractivity contribution in [3.8, 4) is 10.6 Å². The Morgan fingerprint density at radius 1 is 1.06 bits per heavy atom. The van der Waals surface area contributed by atoms with E-state index in [2.05, 4.69) is 25.4 Å². The van der Waals surface area contributed by atoms with Gasteiger partial charge >= 0.3 is 12.4 Å². The maximum atomic E-state index is 13.1. The van der Waals surface area contributed by atoms with Gasteiger partial charge in [0.2, 0.25) is 5.82 Å². The Labute approximate surface area is 197 Å². The number of carbonyl (C=O) groups is 1. The van der Waals surface area contributed by atoms with Crippen molar-refractivity contribution in [3.05, 3.63) is 58.7 Å². The van der Waals surface area contributed by atoms with Gasteiger partial charge in [-0.15, -0.1) is 11.3 Å². The quantitative estimate of drug-likeness (QED) is 0.364. The van der Waals surface area contributed by atoms with Crippen LogP contribution in [-0.4, -0.2) is 36.8 Å². The molecule has 0 bridgehead atoms. The molecule has 4 rings (SSSR count). The van der Waals surface area contributed by atoms with Gasteiger partial charge in [-0.3, -0.25) is 9.48 Å². The first kappa shape index (κ1) is 24.6. The second-order valence-electron chi connectivity index (χ2n) is 7.68. The molecule has 0 saturated heterocycles. The summed E-state index contributed by atoms with van der Waals surface area (Å²) in [6, 6.07) is 1.99. The Morgan fingerprint density at radius 2 is 1.74 bits per heavy atom. The molecular weight excluding hydrogens is 498 g/mol. The zero-order valence-corrected chi connectivity index (χ0v) is 18.9. The van der Waals surface area contributed by atoms with Crippen LogP contribution in [0, 0.1) is 6.92 Å². The van der Waals surface area contributed by atoms with Gasteiger partial charge in [-0.2, -0.15) is 31.4 Å². The highest BCUT2D eigenvalue weighted by molar-refractivity contribution is 7.15. The third-order valence-corrected chi connectivity index (χ3v) is 5.92. The number of aryl methyl sites for hydroxylation is 1. The van der Waals surface area contributed by atoms with Gasteiger partial charge in [0.15, 0.2) is 0 Å². The molecule has 3 heterocycles. The highest BCUT2D eigenvalue weighted by atomic mass is 32.1. The van der Waals surface area contributed by atoms with Crippen molar-refractivity contribution in [1.29, 1.82) is 0 Å². The van der Waals surface area contributed by atoms with Crippen LogP contribution in [0.3, 0.4) is 0 Å². The van der Waals surface area contributed by atoms with Crippen LogP contribution in [-0.2, 0) is 12.7 Å². The summed E-state index contributed by atoms with van der Waals surface area (Å²) in [6.07, 6.45) is -4.45. The first-order valence-corrected chi connectivity index (χ1v) is 10.8. The summed E-state index contributed by atoms with van der Waals surface area (Å²) >= 11 is 1.30. The fourth-order valence-corrected chi connectivity index (χ4v) is 4.13. The molecule has 3 aromatic heterocycles. The van der Waals surface area contributed by atoms with Crippen LogP contribution in [0.4, 0.5) is 26.3 Å². The van der Waals surface area contributed by atoms with Gasteiger partial charge in [0.05, 0.1) is 17.8 Å². The Hall–Kier alpha value is -3.55. The van der Waals surface area contributed by atoms with E-state index in [-0.39, 0.29) is 16.6 Å². The van der Waals surface area contributed by atoms with Gasteiger partial charge in [0.1, 0.15) is 11.6 Å². The van der Waals surface area contributed by atoms with Gasteiger partial charge in [-0.05, 0) is 26.0 Å². The Balaban J connectivity index is 1.69. The van der Waals surface area contributed by atoms with Gasteiger partial charge in [-0.25, -0.2) is 15.0 Å². The number of nitrogens with one attached hydrogen (secondary N) is 1. The van der Waals surface area contributed by atoms with Crippen LogP contribution in [0.1, 0.15) is 39.6 Å². The number of benzene rings is 1. The molecule has 0 aliphatic heterocycles. The van der Waals surface area contributed by atoms with E-state index in [9.17, 15) is 31.1 Å². The van der Waals surface area contributed by atoms with Gasteiger partial charge in [0, 0.05) is 45.5 Å². The molecule has 0 fully saturated rings. The molecule has 1 aromatic carbocycles. The van der Waals surface area contributed by atoms with E-state index in [1.54, 1.807) is 6.20 Å². The monoisotopic (exact) mass is 514 g/mol. The van der Waals surface area contributed by atoms with Gasteiger partial charge in [-0.1, -0.05) is 0 Å². The van der Waals surface area contributed by atoms with Crippen LogP contribution in [0.2, 0.25) is 0 Å². The van der Waals surface area contributed by atoms with Crippen molar-refractivity contribution in [3.63, 3.8) is 0 Å². The molecule has 0 aliphatic carbocycles. The number of hydrogen-bond donors (Lipinski definition) is 1. The van der Waals surface area contributed by atoms with E-state index in [1.807, 2.05) is 6.92 Å². The summed E-state index contributed by atoms with van der Waals surface area (Å²) in [6.45, 7) is 1.98. The van der Waals surface area contributed by atoms with E-state index < -0.39 is 36.7 Å². The highest BCUT2D eigenvalue weighted by Gasteiger charge is 2.34. The predicted octanol–water partition coefficient (Wildman–Crippen LogP) is 5.33. The summed E-state index contributed by atoms with van der Waals surface area (Å²) in [5, 5.41) is 7.35. The number of fused-ring (bicyclic) bond motifs is 1. The zero-order valence-electron chi connectivity index (χ0n) is 18.1. The lowest BCUT2D eigenvalue weighted by molar-refractivity contribution is -0.145. The van der Waals surface area contributed by atoms with E-state index in [0.717, 1.165) is 22.0 Å². The molecule has 0 aliphatic rings. The molecule has 0 radical (unpaired) electrons. The summed E-state index contributed by atoms with van der Waals surface area (Å²) in [5.41, 5.74) is 0.766. The van der Waals surface area contributed by atoms with Crippen molar-refractivity contribution in [2.45, 2.75) is 38.8 Å². The minimum Gasteiger partial charge on any atom is -0.345 e. The number of carbonyl (C=O) groups excluding carboxylic acids is 1. The molecule has 4 aromatic rings. The molecule has 14 heteroatoms. The average molecular weight is 514 g/mol. The lowest BCUT2D eigenvalue weighted by Crippen LogP contribution is -2.27. The first-order valence-electron chi connectivity index (χ1n) is 10.0. The minimum absolute atomic E-state index is 0.0314. The molecule has 0 spiro atoms. The fourth-order valence-electron chi connectivity index (χ4n) is 3.33. The lowest BCUT2D eigenvalue weighted by atomic mass is 10.0. The van der Waals surface area contributed by atoms with Crippen molar-refractivity contribution < 1.29 is 31.1 Å². The highest BCUT2D eigenvalue weighted by Crippen LogP contribution is 2.34. The molecule has 35 heavy (non-hydrogen) atoms. The Bertz CT molecular complexity index is 1380. The van der Waals surface area contributed by atoms with Gasteiger partial charge < -0.3 is 5.32 Å². The number of halogens is 6. The summed E-state index contributed by atoms with van der Waals surface area (Å²) < 4.78 is 78.0. The third kappa shape index (κ3) is 5.42. The topological polar surface area (TPSA) is 85.6 Å². The SMILES string of the molecule is Cc1cnc(-c2cc(C(=O)NC(C)c3cnc(C(F)(F)F)nc3)cc3c2cnn3CC(F)(F)F)s1. The number of hydrogen-bond acceptors (Lipinski definition) is 6. The Morgan fingerprint density at radius 3 is 2.31 bits per heavy atom. The fraction of sp³-hybridized carbons (Fsp3) is 0.286. The normalized spacial score (nSPS) is 13.3. The summed E-state index contributed by atoms with van der Waals surface area (Å²) in [5.74, 6) is -1.97. The maximum Gasteiger partial charge on any atom is 0.451 e. The second-order valence-corrected chi connectivity index (χ2v) is 8.92. The minimum atomic E-state index is -4.70. The molecule has 1 unspecified atom stereocenters. The van der Waals surface area contributed by atoms with E-state index >= 15 is 0 Å². The number of alkyl halides is 6. The largest absolute Gasteiger partial charge is 0.451 e. The number of amides is 1. The van der Waals surface area contributed by atoms with E-state index in [4.69, 9.17) is 0 Å². The number of nitrogens with zero attached hydrogens (tertiary/aromatic N) is 5. The first-order chi connectivity index (χ1) is 16.3. The average Bonchev–Trinajstić information content (AvgIpc) is 3.37. The lowest BCUT2D eigenvalue weighted by Gasteiger charge is -2.15. The van der Waals surface area contributed by atoms with E-state index in [0.29, 0.717) is 16.0 Å².